The predicted molar refractivity (Wildman–Crippen MR) is 106 cm³/mol. The first-order valence-corrected chi connectivity index (χ1v) is 9.32. The van der Waals surface area contributed by atoms with E-state index in [1.165, 1.54) is 29.5 Å². The third kappa shape index (κ3) is 4.72. The summed E-state index contributed by atoms with van der Waals surface area (Å²) in [6.07, 6.45) is 0.371. The third-order valence-electron chi connectivity index (χ3n) is 3.92. The molecule has 0 aliphatic rings. The normalized spacial score (nSPS) is 10.6. The lowest BCUT2D eigenvalue weighted by molar-refractivity contribution is -0.115. The van der Waals surface area contributed by atoms with Crippen LogP contribution in [0.15, 0.2) is 54.6 Å². The first-order valence-electron chi connectivity index (χ1n) is 8.13. The van der Waals surface area contributed by atoms with Crippen molar-refractivity contribution in [1.29, 1.82) is 0 Å². The number of nitrogens with two attached hydrogens (primary N) is 1. The molecule has 0 spiro atoms. The van der Waals surface area contributed by atoms with Crippen molar-refractivity contribution < 1.29 is 14.0 Å². The standard InChI is InChI=1S/C20H16ClFN2O2S/c21-16-7-4-8-17(22)14(16)11-18(25)24-20-15(19(23)26)10-13(27-20)9-12-5-2-1-3-6-12/h1-8,10H,9,11H2,(H2,23,26)(H,24,25). The second-order valence-corrected chi connectivity index (χ2v) is 7.45. The molecular weight excluding hydrogens is 387 g/mol. The molecule has 0 fully saturated rings. The molecule has 0 radical (unpaired) electrons. The molecule has 0 bridgehead atoms. The number of thiophene rings is 1. The SMILES string of the molecule is NC(=O)c1cc(Cc2ccccc2)sc1NC(=O)Cc1c(F)cccc1Cl. The molecule has 138 valence electrons. The maximum Gasteiger partial charge on any atom is 0.251 e. The summed E-state index contributed by atoms with van der Waals surface area (Å²) in [5, 5.41) is 3.18. The van der Waals surface area contributed by atoms with E-state index >= 15 is 0 Å². The van der Waals surface area contributed by atoms with Crippen LogP contribution in [0.25, 0.3) is 0 Å². The summed E-state index contributed by atoms with van der Waals surface area (Å²) in [6.45, 7) is 0. The van der Waals surface area contributed by atoms with Crippen LogP contribution in [0, 0.1) is 5.82 Å². The first kappa shape index (κ1) is 19.1. The number of primary amides is 1. The highest BCUT2D eigenvalue weighted by atomic mass is 35.5. The number of amides is 2. The molecule has 7 heteroatoms. The van der Waals surface area contributed by atoms with Gasteiger partial charge in [-0.3, -0.25) is 9.59 Å². The number of carbonyl (C=O) groups is 2. The highest BCUT2D eigenvalue weighted by Gasteiger charge is 2.18. The van der Waals surface area contributed by atoms with Gasteiger partial charge < -0.3 is 11.1 Å². The van der Waals surface area contributed by atoms with Gasteiger partial charge in [-0.2, -0.15) is 0 Å². The summed E-state index contributed by atoms with van der Waals surface area (Å²) in [7, 11) is 0. The van der Waals surface area contributed by atoms with Gasteiger partial charge in [-0.15, -0.1) is 11.3 Å². The van der Waals surface area contributed by atoms with Gasteiger partial charge >= 0.3 is 0 Å². The van der Waals surface area contributed by atoms with E-state index in [1.54, 1.807) is 6.07 Å². The summed E-state index contributed by atoms with van der Waals surface area (Å²) in [5.74, 6) is -1.66. The number of hydrogen-bond acceptors (Lipinski definition) is 3. The van der Waals surface area contributed by atoms with E-state index in [1.807, 2.05) is 30.3 Å². The van der Waals surface area contributed by atoms with E-state index in [0.717, 1.165) is 10.4 Å². The molecule has 0 atom stereocenters. The van der Waals surface area contributed by atoms with E-state index in [-0.39, 0.29) is 22.6 Å². The molecule has 1 heterocycles. The topological polar surface area (TPSA) is 72.2 Å². The van der Waals surface area contributed by atoms with Crippen LogP contribution in [0.5, 0.6) is 0 Å². The first-order chi connectivity index (χ1) is 12.9. The largest absolute Gasteiger partial charge is 0.366 e. The van der Waals surface area contributed by atoms with E-state index in [4.69, 9.17) is 17.3 Å². The van der Waals surface area contributed by atoms with E-state index in [0.29, 0.717) is 11.4 Å². The zero-order valence-electron chi connectivity index (χ0n) is 14.2. The number of anilines is 1. The van der Waals surface area contributed by atoms with Crippen LogP contribution < -0.4 is 11.1 Å². The fourth-order valence-electron chi connectivity index (χ4n) is 2.63. The highest BCUT2D eigenvalue weighted by Crippen LogP contribution is 2.30. The summed E-state index contributed by atoms with van der Waals surface area (Å²) in [4.78, 5) is 25.0. The zero-order valence-corrected chi connectivity index (χ0v) is 15.7. The lowest BCUT2D eigenvalue weighted by Crippen LogP contribution is -2.18. The zero-order chi connectivity index (χ0) is 19.4. The monoisotopic (exact) mass is 402 g/mol. The molecule has 3 N–H and O–H groups in total. The van der Waals surface area contributed by atoms with E-state index in [9.17, 15) is 14.0 Å². The number of halogens is 2. The fourth-order valence-corrected chi connectivity index (χ4v) is 3.98. The Hall–Kier alpha value is -2.70. The van der Waals surface area contributed by atoms with Crippen molar-refractivity contribution in [2.75, 3.05) is 5.32 Å². The minimum absolute atomic E-state index is 0.110. The Morgan fingerprint density at radius 3 is 2.52 bits per heavy atom. The maximum atomic E-state index is 13.9. The molecule has 3 rings (SSSR count). The van der Waals surface area contributed by atoms with Gasteiger partial charge in [0.15, 0.2) is 0 Å². The van der Waals surface area contributed by atoms with Gasteiger partial charge in [0.25, 0.3) is 5.91 Å². The van der Waals surface area contributed by atoms with Crippen molar-refractivity contribution in [3.8, 4) is 0 Å². The Balaban J connectivity index is 1.79. The molecule has 2 amide bonds. The van der Waals surface area contributed by atoms with Crippen LogP contribution in [-0.4, -0.2) is 11.8 Å². The third-order valence-corrected chi connectivity index (χ3v) is 5.33. The molecule has 0 unspecified atom stereocenters. The predicted octanol–water partition coefficient (Wildman–Crippen LogP) is 4.41. The van der Waals surface area contributed by atoms with Gasteiger partial charge in [0.2, 0.25) is 5.91 Å². The van der Waals surface area contributed by atoms with E-state index < -0.39 is 17.6 Å². The number of hydrogen-bond donors (Lipinski definition) is 2. The average Bonchev–Trinajstić information content (AvgIpc) is 3.01. The Kier molecular flexibility index (Phi) is 5.88. The lowest BCUT2D eigenvalue weighted by Gasteiger charge is -2.07. The Bertz CT molecular complexity index is 969. The van der Waals surface area contributed by atoms with Gasteiger partial charge in [0.1, 0.15) is 10.8 Å². The molecule has 27 heavy (non-hydrogen) atoms. The summed E-state index contributed by atoms with van der Waals surface area (Å²) >= 11 is 7.23. The van der Waals surface area contributed by atoms with Crippen molar-refractivity contribution in [3.05, 3.63) is 87.0 Å². The number of benzene rings is 2. The molecule has 0 saturated heterocycles. The molecule has 0 aliphatic carbocycles. The summed E-state index contributed by atoms with van der Waals surface area (Å²) in [6, 6.07) is 15.6. The molecule has 0 aliphatic heterocycles. The Morgan fingerprint density at radius 1 is 1.11 bits per heavy atom. The van der Waals surface area contributed by atoms with Crippen molar-refractivity contribution in [2.24, 2.45) is 5.73 Å². The van der Waals surface area contributed by atoms with E-state index in [2.05, 4.69) is 5.32 Å². The van der Waals surface area contributed by atoms with Gasteiger partial charge in [0, 0.05) is 21.9 Å². The van der Waals surface area contributed by atoms with Gasteiger partial charge in [-0.25, -0.2) is 4.39 Å². The van der Waals surface area contributed by atoms with Crippen molar-refractivity contribution in [3.63, 3.8) is 0 Å². The van der Waals surface area contributed by atoms with Crippen LogP contribution in [0.2, 0.25) is 5.02 Å². The van der Waals surface area contributed by atoms with Crippen molar-refractivity contribution in [1.82, 2.24) is 0 Å². The Labute approximate surface area is 164 Å². The quantitative estimate of drug-likeness (QED) is 0.641. The molecule has 1 aromatic heterocycles. The average molecular weight is 403 g/mol. The van der Waals surface area contributed by atoms with Gasteiger partial charge in [0.05, 0.1) is 12.0 Å². The second-order valence-electron chi connectivity index (χ2n) is 5.91. The van der Waals surface area contributed by atoms with Crippen molar-refractivity contribution >= 4 is 39.8 Å². The number of nitrogens with one attached hydrogen (secondary N) is 1. The van der Waals surface area contributed by atoms with Crippen LogP contribution >= 0.6 is 22.9 Å². The summed E-state index contributed by atoms with van der Waals surface area (Å²) in [5.41, 5.74) is 6.85. The molecule has 4 nitrogen and oxygen atoms in total. The molecule has 3 aromatic rings. The number of carbonyl (C=O) groups excluding carboxylic acids is 2. The van der Waals surface area contributed by atoms with Crippen LogP contribution in [0.1, 0.15) is 26.4 Å². The van der Waals surface area contributed by atoms with Crippen molar-refractivity contribution in [2.45, 2.75) is 12.8 Å². The summed E-state index contributed by atoms with van der Waals surface area (Å²) < 4.78 is 13.9. The molecular formula is C20H16ClFN2O2S. The minimum Gasteiger partial charge on any atom is -0.366 e. The lowest BCUT2D eigenvalue weighted by atomic mass is 10.1. The number of rotatable bonds is 6. The molecule has 2 aromatic carbocycles. The Morgan fingerprint density at radius 2 is 1.85 bits per heavy atom. The second kappa shape index (κ2) is 8.33. The van der Waals surface area contributed by atoms with Crippen LogP contribution in [0.3, 0.4) is 0 Å². The van der Waals surface area contributed by atoms with Gasteiger partial charge in [-0.05, 0) is 23.8 Å². The maximum absolute atomic E-state index is 13.9. The smallest absolute Gasteiger partial charge is 0.251 e. The van der Waals surface area contributed by atoms with Gasteiger partial charge in [-0.1, -0.05) is 48.0 Å². The fraction of sp³-hybridized carbons (Fsp3) is 0.100. The van der Waals surface area contributed by atoms with Crippen LogP contribution in [0.4, 0.5) is 9.39 Å². The minimum atomic E-state index is -0.634. The van der Waals surface area contributed by atoms with Crippen LogP contribution in [-0.2, 0) is 17.6 Å². The highest BCUT2D eigenvalue weighted by molar-refractivity contribution is 7.16. The molecule has 0 saturated carbocycles.